The third-order valence-corrected chi connectivity index (χ3v) is 3.86. The highest BCUT2D eigenvalue weighted by atomic mass is 35.5. The van der Waals surface area contributed by atoms with E-state index in [1.165, 1.54) is 0 Å². The first-order valence-electron chi connectivity index (χ1n) is 6.07. The van der Waals surface area contributed by atoms with Crippen molar-refractivity contribution < 1.29 is 9.31 Å². The summed E-state index contributed by atoms with van der Waals surface area (Å²) in [5, 5.41) is 0.596. The summed E-state index contributed by atoms with van der Waals surface area (Å²) in [5.74, 6) is 0. The standard InChI is InChI=1S/C13H21BClNO2/c1-7-16-9-8-11(15)10(2)14-17-12(3,4)13(5,6)18-14/h7-9H,1-6H3/b9-8-,11-10-,16-7?. The lowest BCUT2D eigenvalue weighted by Crippen LogP contribution is -2.41. The molecule has 0 N–H and O–H groups in total. The number of hydrogen-bond acceptors (Lipinski definition) is 3. The van der Waals surface area contributed by atoms with E-state index >= 15 is 0 Å². The van der Waals surface area contributed by atoms with Gasteiger partial charge in [0, 0.05) is 17.4 Å². The van der Waals surface area contributed by atoms with Gasteiger partial charge in [-0.15, -0.1) is 0 Å². The van der Waals surface area contributed by atoms with Crippen molar-refractivity contribution in [2.24, 2.45) is 4.99 Å². The number of allylic oxidation sites excluding steroid dienone is 3. The summed E-state index contributed by atoms with van der Waals surface area (Å²) in [5.41, 5.74) is 0.167. The third kappa shape index (κ3) is 3.25. The SMILES string of the molecule is CC=N/C=C\C(Cl)=C(/C)B1OC(C)(C)C(C)(C)O1. The van der Waals surface area contributed by atoms with Crippen LogP contribution in [0.5, 0.6) is 0 Å². The summed E-state index contributed by atoms with van der Waals surface area (Å²) >= 11 is 6.19. The zero-order valence-electron chi connectivity index (χ0n) is 12.0. The monoisotopic (exact) mass is 269 g/mol. The van der Waals surface area contributed by atoms with Gasteiger partial charge < -0.3 is 9.31 Å². The van der Waals surface area contributed by atoms with Gasteiger partial charge in [-0.05, 0) is 53.1 Å². The maximum Gasteiger partial charge on any atom is 0.491 e. The van der Waals surface area contributed by atoms with Gasteiger partial charge in [-0.2, -0.15) is 0 Å². The van der Waals surface area contributed by atoms with Crippen molar-refractivity contribution in [3.05, 3.63) is 22.8 Å². The van der Waals surface area contributed by atoms with E-state index in [9.17, 15) is 0 Å². The van der Waals surface area contributed by atoms with Crippen molar-refractivity contribution in [1.29, 1.82) is 0 Å². The molecular formula is C13H21BClNO2. The first-order valence-corrected chi connectivity index (χ1v) is 6.45. The largest absolute Gasteiger partial charge is 0.491 e. The van der Waals surface area contributed by atoms with E-state index in [0.29, 0.717) is 5.03 Å². The van der Waals surface area contributed by atoms with Crippen molar-refractivity contribution in [1.82, 2.24) is 0 Å². The fourth-order valence-corrected chi connectivity index (χ4v) is 1.60. The Hall–Kier alpha value is -0.575. The van der Waals surface area contributed by atoms with Crippen molar-refractivity contribution in [2.45, 2.75) is 52.7 Å². The molecule has 100 valence electrons. The van der Waals surface area contributed by atoms with Crippen LogP contribution in [-0.2, 0) is 9.31 Å². The number of aliphatic imine (C=N–C) groups is 1. The molecule has 0 aliphatic carbocycles. The van der Waals surface area contributed by atoms with Gasteiger partial charge in [0.15, 0.2) is 0 Å². The van der Waals surface area contributed by atoms with E-state index in [1.54, 1.807) is 18.5 Å². The Morgan fingerprint density at radius 3 is 2.11 bits per heavy atom. The predicted molar refractivity (Wildman–Crippen MR) is 77.9 cm³/mol. The third-order valence-electron chi connectivity index (χ3n) is 3.44. The summed E-state index contributed by atoms with van der Waals surface area (Å²) < 4.78 is 11.8. The molecule has 0 bridgehead atoms. The predicted octanol–water partition coefficient (Wildman–Crippen LogP) is 3.74. The van der Waals surface area contributed by atoms with Crippen molar-refractivity contribution in [2.75, 3.05) is 0 Å². The van der Waals surface area contributed by atoms with E-state index in [2.05, 4.69) is 4.99 Å². The molecule has 0 aromatic rings. The Balaban J connectivity index is 2.87. The van der Waals surface area contributed by atoms with E-state index < -0.39 is 7.12 Å². The van der Waals surface area contributed by atoms with Gasteiger partial charge in [0.1, 0.15) is 0 Å². The molecule has 0 unspecified atom stereocenters. The van der Waals surface area contributed by atoms with Gasteiger partial charge in [-0.25, -0.2) is 0 Å². The molecule has 0 atom stereocenters. The molecule has 1 rings (SSSR count). The molecular weight excluding hydrogens is 248 g/mol. The van der Waals surface area contributed by atoms with Crippen LogP contribution >= 0.6 is 11.6 Å². The summed E-state index contributed by atoms with van der Waals surface area (Å²) in [4.78, 5) is 3.97. The van der Waals surface area contributed by atoms with Crippen molar-refractivity contribution in [3.63, 3.8) is 0 Å². The molecule has 3 nitrogen and oxygen atoms in total. The number of rotatable bonds is 3. The molecule has 0 radical (unpaired) electrons. The second-order valence-corrected chi connectivity index (χ2v) is 5.75. The Kier molecular flexibility index (Phi) is 4.81. The molecule has 0 aromatic heterocycles. The number of halogens is 1. The topological polar surface area (TPSA) is 30.8 Å². The van der Waals surface area contributed by atoms with Gasteiger partial charge in [-0.1, -0.05) is 11.6 Å². The van der Waals surface area contributed by atoms with Gasteiger partial charge in [0.2, 0.25) is 0 Å². The smallest absolute Gasteiger partial charge is 0.400 e. The highest BCUT2D eigenvalue weighted by Crippen LogP contribution is 2.39. The van der Waals surface area contributed by atoms with Crippen LogP contribution in [0.1, 0.15) is 41.5 Å². The summed E-state index contributed by atoms with van der Waals surface area (Å²) in [6.07, 6.45) is 5.09. The van der Waals surface area contributed by atoms with Gasteiger partial charge in [0.05, 0.1) is 11.2 Å². The first-order chi connectivity index (χ1) is 8.21. The molecule has 0 spiro atoms. The second-order valence-electron chi connectivity index (χ2n) is 5.34. The van der Waals surface area contributed by atoms with Crippen LogP contribution in [0.3, 0.4) is 0 Å². The summed E-state index contributed by atoms with van der Waals surface area (Å²) in [6.45, 7) is 11.8. The number of nitrogens with zero attached hydrogens (tertiary/aromatic N) is 1. The minimum Gasteiger partial charge on any atom is -0.400 e. The van der Waals surface area contributed by atoms with Crippen LogP contribution in [0, 0.1) is 0 Å². The quantitative estimate of drug-likeness (QED) is 0.444. The highest BCUT2D eigenvalue weighted by molar-refractivity contribution is 6.57. The van der Waals surface area contributed by atoms with E-state index in [1.807, 2.05) is 41.5 Å². The van der Waals surface area contributed by atoms with Crippen LogP contribution in [0.15, 0.2) is 27.8 Å². The molecule has 1 heterocycles. The lowest BCUT2D eigenvalue weighted by atomic mass is 9.79. The van der Waals surface area contributed by atoms with Gasteiger partial charge in [-0.3, -0.25) is 4.99 Å². The zero-order valence-corrected chi connectivity index (χ0v) is 12.7. The average Bonchev–Trinajstić information content (AvgIpc) is 2.47. The first kappa shape index (κ1) is 15.5. The van der Waals surface area contributed by atoms with E-state index in [0.717, 1.165) is 5.47 Å². The minimum absolute atomic E-state index is 0.346. The van der Waals surface area contributed by atoms with Crippen LogP contribution in [-0.4, -0.2) is 24.5 Å². The molecule has 18 heavy (non-hydrogen) atoms. The second kappa shape index (κ2) is 5.60. The molecule has 1 aliphatic heterocycles. The normalized spacial score (nSPS) is 24.1. The summed E-state index contributed by atoms with van der Waals surface area (Å²) in [7, 11) is -0.405. The maximum atomic E-state index is 6.19. The Morgan fingerprint density at radius 1 is 1.17 bits per heavy atom. The zero-order chi connectivity index (χ0) is 14.0. The lowest BCUT2D eigenvalue weighted by Gasteiger charge is -2.32. The number of hydrogen-bond donors (Lipinski definition) is 0. The van der Waals surface area contributed by atoms with Gasteiger partial charge in [0.25, 0.3) is 0 Å². The van der Waals surface area contributed by atoms with Crippen LogP contribution in [0.2, 0.25) is 0 Å². The van der Waals surface area contributed by atoms with Crippen molar-refractivity contribution >= 4 is 24.9 Å². The minimum atomic E-state index is -0.405. The Morgan fingerprint density at radius 2 is 1.67 bits per heavy atom. The highest BCUT2D eigenvalue weighted by Gasteiger charge is 2.51. The molecule has 0 saturated carbocycles. The fraction of sp³-hybridized carbons (Fsp3) is 0.615. The fourth-order valence-electron chi connectivity index (χ4n) is 1.46. The molecule has 0 amide bonds. The molecule has 5 heteroatoms. The average molecular weight is 270 g/mol. The Labute approximate surface area is 115 Å². The van der Waals surface area contributed by atoms with Crippen LogP contribution in [0.4, 0.5) is 0 Å². The molecule has 1 saturated heterocycles. The van der Waals surface area contributed by atoms with E-state index in [-0.39, 0.29) is 11.2 Å². The van der Waals surface area contributed by atoms with E-state index in [4.69, 9.17) is 20.9 Å². The summed E-state index contributed by atoms with van der Waals surface area (Å²) in [6, 6.07) is 0. The molecule has 1 aliphatic rings. The van der Waals surface area contributed by atoms with Gasteiger partial charge >= 0.3 is 7.12 Å². The molecule has 1 fully saturated rings. The lowest BCUT2D eigenvalue weighted by molar-refractivity contribution is 0.00578. The van der Waals surface area contributed by atoms with Crippen LogP contribution in [0.25, 0.3) is 0 Å². The van der Waals surface area contributed by atoms with Crippen LogP contribution < -0.4 is 0 Å². The molecule has 0 aromatic carbocycles. The maximum absolute atomic E-state index is 6.19. The van der Waals surface area contributed by atoms with Crippen molar-refractivity contribution in [3.8, 4) is 0 Å². The Bertz CT molecular complexity index is 384.